The van der Waals surface area contributed by atoms with E-state index in [0.29, 0.717) is 5.92 Å². The van der Waals surface area contributed by atoms with Crippen molar-refractivity contribution in [2.45, 2.75) is 39.5 Å². The van der Waals surface area contributed by atoms with E-state index < -0.39 is 0 Å². The van der Waals surface area contributed by atoms with Crippen LogP contribution in [0.5, 0.6) is 0 Å². The van der Waals surface area contributed by atoms with Crippen LogP contribution in [-0.2, 0) is 6.42 Å². The minimum Gasteiger partial charge on any atom is -0.289 e. The van der Waals surface area contributed by atoms with Crippen LogP contribution in [0, 0.1) is 5.92 Å². The lowest BCUT2D eigenvalue weighted by Gasteiger charge is -2.14. The molecule has 1 heteroatoms. The lowest BCUT2D eigenvalue weighted by molar-refractivity contribution is 0.103. The van der Waals surface area contributed by atoms with Crippen LogP contribution in [0.1, 0.15) is 54.6 Å². The summed E-state index contributed by atoms with van der Waals surface area (Å²) in [7, 11) is 0. The van der Waals surface area contributed by atoms with Gasteiger partial charge in [-0.3, -0.25) is 4.79 Å². The Bertz CT molecular complexity index is 862. The Morgan fingerprint density at radius 2 is 1.44 bits per heavy atom. The summed E-state index contributed by atoms with van der Waals surface area (Å²) in [4.78, 5) is 13.1. The van der Waals surface area contributed by atoms with E-state index in [9.17, 15) is 4.79 Å². The van der Waals surface area contributed by atoms with Gasteiger partial charge in [0, 0.05) is 11.1 Å². The second-order valence-electron chi connectivity index (χ2n) is 7.38. The van der Waals surface area contributed by atoms with E-state index in [1.807, 2.05) is 60.7 Å². The van der Waals surface area contributed by atoms with Gasteiger partial charge in [0.15, 0.2) is 5.78 Å². The van der Waals surface area contributed by atoms with Crippen molar-refractivity contribution in [1.82, 2.24) is 0 Å². The molecule has 138 valence electrons. The Kier molecular flexibility index (Phi) is 6.59. The molecule has 0 bridgehead atoms. The fourth-order valence-electron chi connectivity index (χ4n) is 3.55. The molecular formula is C26H28O. The highest BCUT2D eigenvalue weighted by Gasteiger charge is 2.15. The maximum atomic E-state index is 13.1. The fraction of sp³-hybridized carbons (Fsp3) is 0.269. The van der Waals surface area contributed by atoms with E-state index in [1.54, 1.807) is 0 Å². The van der Waals surface area contributed by atoms with E-state index in [0.717, 1.165) is 23.1 Å². The van der Waals surface area contributed by atoms with Crippen LogP contribution < -0.4 is 0 Å². The summed E-state index contributed by atoms with van der Waals surface area (Å²) in [6.07, 6.45) is 4.64. The zero-order chi connectivity index (χ0) is 19.1. The first-order chi connectivity index (χ1) is 13.2. The number of carbonyl (C=O) groups excluding carboxylic acids is 1. The van der Waals surface area contributed by atoms with E-state index in [-0.39, 0.29) is 5.78 Å². The summed E-state index contributed by atoms with van der Waals surface area (Å²) in [6.45, 7) is 4.51. The lowest BCUT2D eigenvalue weighted by atomic mass is 9.90. The third kappa shape index (κ3) is 4.95. The summed E-state index contributed by atoms with van der Waals surface area (Å²) >= 11 is 0. The van der Waals surface area contributed by atoms with Gasteiger partial charge in [0.25, 0.3) is 0 Å². The highest BCUT2D eigenvalue weighted by Crippen LogP contribution is 2.23. The molecule has 3 rings (SSSR count). The van der Waals surface area contributed by atoms with Crippen LogP contribution in [0.2, 0.25) is 0 Å². The van der Waals surface area contributed by atoms with Crippen LogP contribution in [-0.4, -0.2) is 5.78 Å². The van der Waals surface area contributed by atoms with Crippen molar-refractivity contribution in [1.29, 1.82) is 0 Å². The quantitative estimate of drug-likeness (QED) is 0.399. The van der Waals surface area contributed by atoms with Gasteiger partial charge in [-0.15, -0.1) is 0 Å². The van der Waals surface area contributed by atoms with Gasteiger partial charge in [0.05, 0.1) is 0 Å². The fourth-order valence-corrected chi connectivity index (χ4v) is 3.55. The number of carbonyl (C=O) groups is 1. The van der Waals surface area contributed by atoms with Gasteiger partial charge >= 0.3 is 0 Å². The molecule has 1 nitrogen and oxygen atoms in total. The van der Waals surface area contributed by atoms with Crippen LogP contribution in [0.3, 0.4) is 0 Å². The SMILES string of the molecule is CCCCC(C)Cc1ccccc1C(=O)c1ccc(-c2ccccc2)cc1. The summed E-state index contributed by atoms with van der Waals surface area (Å²) in [5.41, 5.74) is 5.06. The minimum absolute atomic E-state index is 0.118. The molecule has 0 aliphatic carbocycles. The van der Waals surface area contributed by atoms with Crippen molar-refractivity contribution in [2.75, 3.05) is 0 Å². The number of hydrogen-bond donors (Lipinski definition) is 0. The topological polar surface area (TPSA) is 17.1 Å². The molecule has 1 unspecified atom stereocenters. The van der Waals surface area contributed by atoms with E-state index in [2.05, 4.69) is 32.0 Å². The van der Waals surface area contributed by atoms with Gasteiger partial charge in [0.2, 0.25) is 0 Å². The van der Waals surface area contributed by atoms with E-state index in [4.69, 9.17) is 0 Å². The van der Waals surface area contributed by atoms with Gasteiger partial charge in [-0.2, -0.15) is 0 Å². The first-order valence-electron chi connectivity index (χ1n) is 9.97. The molecule has 0 N–H and O–H groups in total. The number of hydrogen-bond acceptors (Lipinski definition) is 1. The van der Waals surface area contributed by atoms with Crippen molar-refractivity contribution in [3.8, 4) is 11.1 Å². The maximum absolute atomic E-state index is 13.1. The first kappa shape index (κ1) is 19.1. The molecular weight excluding hydrogens is 328 g/mol. The van der Waals surface area contributed by atoms with Crippen molar-refractivity contribution in [2.24, 2.45) is 5.92 Å². The predicted molar refractivity (Wildman–Crippen MR) is 114 cm³/mol. The Labute approximate surface area is 163 Å². The monoisotopic (exact) mass is 356 g/mol. The van der Waals surface area contributed by atoms with Crippen molar-refractivity contribution < 1.29 is 4.79 Å². The molecule has 0 spiro atoms. The highest BCUT2D eigenvalue weighted by atomic mass is 16.1. The molecule has 0 aliphatic rings. The van der Waals surface area contributed by atoms with Crippen LogP contribution >= 0.6 is 0 Å². The van der Waals surface area contributed by atoms with Crippen molar-refractivity contribution in [3.63, 3.8) is 0 Å². The van der Waals surface area contributed by atoms with Gasteiger partial charge in [0.1, 0.15) is 0 Å². The summed E-state index contributed by atoms with van der Waals surface area (Å²) in [6, 6.07) is 26.3. The summed E-state index contributed by atoms with van der Waals surface area (Å²) in [5.74, 6) is 0.715. The van der Waals surface area contributed by atoms with E-state index >= 15 is 0 Å². The normalized spacial score (nSPS) is 11.9. The van der Waals surface area contributed by atoms with Crippen LogP contribution in [0.15, 0.2) is 78.9 Å². The standard InChI is InChI=1S/C26H28O/c1-3-4-10-20(2)19-24-13-8-9-14-25(24)26(27)23-17-15-22(16-18-23)21-11-6-5-7-12-21/h5-9,11-18,20H,3-4,10,19H2,1-2H3. The average Bonchev–Trinajstić information content (AvgIpc) is 2.73. The molecule has 0 radical (unpaired) electrons. The number of rotatable bonds is 8. The molecule has 27 heavy (non-hydrogen) atoms. The van der Waals surface area contributed by atoms with Crippen molar-refractivity contribution >= 4 is 5.78 Å². The lowest BCUT2D eigenvalue weighted by Crippen LogP contribution is -2.08. The molecule has 0 heterocycles. The number of unbranched alkanes of at least 4 members (excludes halogenated alkanes) is 1. The second kappa shape index (κ2) is 9.32. The zero-order valence-corrected chi connectivity index (χ0v) is 16.3. The smallest absolute Gasteiger partial charge is 0.193 e. The molecule has 3 aromatic rings. The van der Waals surface area contributed by atoms with Gasteiger partial charge in [-0.25, -0.2) is 0 Å². The Hall–Kier alpha value is -2.67. The molecule has 0 amide bonds. The van der Waals surface area contributed by atoms with Gasteiger partial charge in [-0.1, -0.05) is 112 Å². The number of ketones is 1. The minimum atomic E-state index is 0.118. The third-order valence-corrected chi connectivity index (χ3v) is 5.14. The highest BCUT2D eigenvalue weighted by molar-refractivity contribution is 6.10. The van der Waals surface area contributed by atoms with Crippen LogP contribution in [0.4, 0.5) is 0 Å². The molecule has 0 fully saturated rings. The Balaban J connectivity index is 1.80. The zero-order valence-electron chi connectivity index (χ0n) is 16.3. The molecule has 0 aliphatic heterocycles. The van der Waals surface area contributed by atoms with Gasteiger partial charge in [-0.05, 0) is 29.0 Å². The van der Waals surface area contributed by atoms with Gasteiger partial charge < -0.3 is 0 Å². The molecule has 0 aromatic heterocycles. The largest absolute Gasteiger partial charge is 0.289 e. The molecule has 0 saturated carbocycles. The van der Waals surface area contributed by atoms with Crippen molar-refractivity contribution in [3.05, 3.63) is 95.6 Å². The Morgan fingerprint density at radius 3 is 2.15 bits per heavy atom. The molecule has 3 aromatic carbocycles. The Morgan fingerprint density at radius 1 is 0.815 bits per heavy atom. The average molecular weight is 357 g/mol. The molecule has 0 saturated heterocycles. The summed E-state index contributed by atoms with van der Waals surface area (Å²) < 4.78 is 0. The summed E-state index contributed by atoms with van der Waals surface area (Å²) in [5, 5.41) is 0. The van der Waals surface area contributed by atoms with Crippen LogP contribution in [0.25, 0.3) is 11.1 Å². The van der Waals surface area contributed by atoms with E-state index in [1.165, 1.54) is 30.4 Å². The first-order valence-corrected chi connectivity index (χ1v) is 9.97. The number of benzene rings is 3. The third-order valence-electron chi connectivity index (χ3n) is 5.14. The second-order valence-corrected chi connectivity index (χ2v) is 7.38. The maximum Gasteiger partial charge on any atom is 0.193 e. The predicted octanol–water partition coefficient (Wildman–Crippen LogP) is 6.95. The molecule has 1 atom stereocenters.